The van der Waals surface area contributed by atoms with Gasteiger partial charge in [-0.3, -0.25) is 4.90 Å². The zero-order valence-electron chi connectivity index (χ0n) is 20.8. The third kappa shape index (κ3) is 5.64. The Morgan fingerprint density at radius 3 is 2.33 bits per heavy atom. The normalized spacial score (nSPS) is 19.5. The van der Waals surface area contributed by atoms with Crippen molar-refractivity contribution in [3.8, 4) is 0 Å². The summed E-state index contributed by atoms with van der Waals surface area (Å²) in [4.78, 5) is 2.51. The van der Waals surface area contributed by atoms with E-state index < -0.39 is 6.10 Å². The van der Waals surface area contributed by atoms with Crippen molar-refractivity contribution in [2.24, 2.45) is 11.8 Å². The molecule has 2 heterocycles. The number of aliphatic hydroxyl groups is 1. The average molecular weight is 476 g/mol. The maximum atomic E-state index is 11.2. The Balaban J connectivity index is 1.30. The van der Waals surface area contributed by atoms with Crippen molar-refractivity contribution in [2.45, 2.75) is 25.6 Å². The maximum absolute atomic E-state index is 11.2. The molecule has 5 rings (SSSR count). The van der Waals surface area contributed by atoms with E-state index in [1.165, 1.54) is 11.1 Å². The molecule has 0 radical (unpaired) electrons. The van der Waals surface area contributed by atoms with Crippen LogP contribution in [0, 0.1) is 11.8 Å². The van der Waals surface area contributed by atoms with Gasteiger partial charge in [-0.2, -0.15) is 4.57 Å². The number of nitrogens with zero attached hydrogens (tertiary/aromatic N) is 2. The molecule has 1 fully saturated rings. The molecule has 3 aromatic carbocycles. The van der Waals surface area contributed by atoms with Crippen LogP contribution in [0.15, 0.2) is 122 Å². The van der Waals surface area contributed by atoms with Crippen LogP contribution < -0.4 is 4.57 Å². The number of benzene rings is 3. The van der Waals surface area contributed by atoms with Gasteiger partial charge < -0.3 is 5.11 Å². The number of aromatic nitrogens is 1. The van der Waals surface area contributed by atoms with Crippen LogP contribution in [-0.2, 0) is 13.1 Å². The largest absolute Gasteiger partial charge is 0.384 e. The van der Waals surface area contributed by atoms with E-state index in [1.807, 2.05) is 18.2 Å². The number of aliphatic hydroxyl groups excluding tert-OH is 1. The summed E-state index contributed by atoms with van der Waals surface area (Å²) in [5.41, 5.74) is 4.69. The van der Waals surface area contributed by atoms with Gasteiger partial charge in [0, 0.05) is 36.3 Å². The van der Waals surface area contributed by atoms with Crippen molar-refractivity contribution in [1.82, 2.24) is 4.90 Å². The van der Waals surface area contributed by atoms with Crippen LogP contribution in [0.5, 0.6) is 0 Å². The third-order valence-corrected chi connectivity index (χ3v) is 7.36. The van der Waals surface area contributed by atoms with E-state index in [9.17, 15) is 5.11 Å². The quantitative estimate of drug-likeness (QED) is 0.247. The molecule has 182 valence electrons. The van der Waals surface area contributed by atoms with Crippen molar-refractivity contribution in [1.29, 1.82) is 0 Å². The third-order valence-electron chi connectivity index (χ3n) is 7.36. The van der Waals surface area contributed by atoms with Gasteiger partial charge in [-0.05, 0) is 36.4 Å². The van der Waals surface area contributed by atoms with Gasteiger partial charge in [0.15, 0.2) is 12.7 Å². The summed E-state index contributed by atoms with van der Waals surface area (Å²) in [6.45, 7) is 7.95. The Morgan fingerprint density at radius 2 is 1.58 bits per heavy atom. The van der Waals surface area contributed by atoms with Gasteiger partial charge in [0.1, 0.15) is 0 Å². The van der Waals surface area contributed by atoms with Crippen LogP contribution in [-0.4, -0.2) is 23.1 Å². The van der Waals surface area contributed by atoms with Crippen molar-refractivity contribution in [3.63, 3.8) is 0 Å². The van der Waals surface area contributed by atoms with Crippen LogP contribution in [0.3, 0.4) is 0 Å². The molecule has 0 saturated carbocycles. The molecule has 0 spiro atoms. The fraction of sp³-hybridized carbons (Fsp3) is 0.242. The highest BCUT2D eigenvalue weighted by Gasteiger charge is 2.26. The Kier molecular flexibility index (Phi) is 7.70. The van der Waals surface area contributed by atoms with Crippen molar-refractivity contribution in [3.05, 3.63) is 139 Å². The summed E-state index contributed by atoms with van der Waals surface area (Å²) < 4.78 is 2.25. The molecule has 1 N–H and O–H groups in total. The summed E-state index contributed by atoms with van der Waals surface area (Å²) in [6.07, 6.45) is 8.81. The summed E-state index contributed by atoms with van der Waals surface area (Å²) in [6, 6.07) is 31.6. The molecule has 3 heteroatoms. The highest BCUT2D eigenvalue weighted by molar-refractivity contribution is 5.80. The van der Waals surface area contributed by atoms with Crippen LogP contribution >= 0.6 is 0 Å². The first-order valence-electron chi connectivity index (χ1n) is 12.9. The van der Waals surface area contributed by atoms with Gasteiger partial charge in [-0.15, -0.1) is 6.58 Å². The molecular formula is C33H35N2O+. The van der Waals surface area contributed by atoms with Crippen LogP contribution in [0.25, 0.3) is 10.9 Å². The van der Waals surface area contributed by atoms with Crippen molar-refractivity contribution in [2.75, 3.05) is 13.1 Å². The minimum atomic E-state index is -0.644. The molecule has 3 atom stereocenters. The van der Waals surface area contributed by atoms with Crippen LogP contribution in [0.2, 0.25) is 0 Å². The molecule has 0 unspecified atom stereocenters. The number of hydrogen-bond donors (Lipinski definition) is 1. The monoisotopic (exact) mass is 475 g/mol. The summed E-state index contributed by atoms with van der Waals surface area (Å²) in [5.74, 6) is 0.772. The van der Waals surface area contributed by atoms with Gasteiger partial charge in [0.25, 0.3) is 0 Å². The lowest BCUT2D eigenvalue weighted by atomic mass is 9.84. The number of fused-ring (bicyclic) bond motifs is 1. The van der Waals surface area contributed by atoms with Gasteiger partial charge in [-0.25, -0.2) is 0 Å². The molecule has 1 aliphatic rings. The molecule has 1 aromatic heterocycles. The van der Waals surface area contributed by atoms with E-state index in [4.69, 9.17) is 0 Å². The highest BCUT2D eigenvalue weighted by Crippen LogP contribution is 2.29. The number of rotatable bonds is 8. The van der Waals surface area contributed by atoms with Gasteiger partial charge in [-0.1, -0.05) is 91.0 Å². The Bertz CT molecular complexity index is 1320. The molecule has 4 aromatic rings. The maximum Gasteiger partial charge on any atom is 0.213 e. The zero-order chi connectivity index (χ0) is 24.7. The number of allylic oxidation sites excluding steroid dienone is 1. The van der Waals surface area contributed by atoms with E-state index in [1.54, 1.807) is 0 Å². The second-order valence-electron chi connectivity index (χ2n) is 9.80. The topological polar surface area (TPSA) is 27.3 Å². The lowest BCUT2D eigenvalue weighted by Crippen LogP contribution is -2.38. The SMILES string of the molecule is C=C[C@H]1CN(Cc2ccccc2)CC[C@H]1C=C[C@@H](O)c1cc[n+](Cc2ccccc2)c2ccccc12. The van der Waals surface area contributed by atoms with Crippen LogP contribution in [0.4, 0.5) is 0 Å². The molecule has 0 bridgehead atoms. The molecule has 3 nitrogen and oxygen atoms in total. The fourth-order valence-corrected chi connectivity index (χ4v) is 5.38. The number of pyridine rings is 1. The first kappa shape index (κ1) is 24.2. The van der Waals surface area contributed by atoms with E-state index >= 15 is 0 Å². The molecule has 1 saturated heterocycles. The fourth-order valence-electron chi connectivity index (χ4n) is 5.38. The summed E-state index contributed by atoms with van der Waals surface area (Å²) in [7, 11) is 0. The molecule has 0 amide bonds. The second-order valence-corrected chi connectivity index (χ2v) is 9.80. The first-order chi connectivity index (χ1) is 17.7. The number of hydrogen-bond acceptors (Lipinski definition) is 2. The lowest BCUT2D eigenvalue weighted by Gasteiger charge is -2.36. The Morgan fingerprint density at radius 1 is 0.889 bits per heavy atom. The predicted octanol–water partition coefficient (Wildman–Crippen LogP) is 6.09. The van der Waals surface area contributed by atoms with E-state index in [0.29, 0.717) is 11.8 Å². The highest BCUT2D eigenvalue weighted by atomic mass is 16.3. The molecular weight excluding hydrogens is 440 g/mol. The number of piperidine rings is 1. The Hall–Kier alpha value is -3.53. The molecule has 0 aliphatic carbocycles. The van der Waals surface area contributed by atoms with E-state index in [-0.39, 0.29) is 0 Å². The summed E-state index contributed by atoms with van der Waals surface area (Å²) in [5, 5.41) is 12.3. The van der Waals surface area contributed by atoms with E-state index in [2.05, 4.69) is 113 Å². The van der Waals surface area contributed by atoms with E-state index in [0.717, 1.165) is 49.1 Å². The molecule has 1 aliphatic heterocycles. The average Bonchev–Trinajstić information content (AvgIpc) is 2.93. The minimum absolute atomic E-state index is 0.381. The predicted molar refractivity (Wildman–Crippen MR) is 147 cm³/mol. The summed E-state index contributed by atoms with van der Waals surface area (Å²) >= 11 is 0. The molecule has 36 heavy (non-hydrogen) atoms. The first-order valence-corrected chi connectivity index (χ1v) is 12.9. The lowest BCUT2D eigenvalue weighted by molar-refractivity contribution is -0.662. The van der Waals surface area contributed by atoms with Crippen molar-refractivity contribution >= 4 is 10.9 Å². The zero-order valence-corrected chi connectivity index (χ0v) is 20.8. The van der Waals surface area contributed by atoms with Gasteiger partial charge in [0.05, 0.1) is 11.5 Å². The Labute approximate surface area is 214 Å². The van der Waals surface area contributed by atoms with Gasteiger partial charge in [0.2, 0.25) is 5.52 Å². The smallest absolute Gasteiger partial charge is 0.213 e. The van der Waals surface area contributed by atoms with Gasteiger partial charge >= 0.3 is 0 Å². The number of likely N-dealkylation sites (tertiary alicyclic amines) is 1. The van der Waals surface area contributed by atoms with Crippen molar-refractivity contribution < 1.29 is 9.67 Å². The van der Waals surface area contributed by atoms with Crippen LogP contribution in [0.1, 0.15) is 29.2 Å². The number of para-hydroxylation sites is 1. The second kappa shape index (κ2) is 11.5. The minimum Gasteiger partial charge on any atom is -0.384 e. The standard InChI is InChI=1S/C33H35N2O/c1-2-28-25-34(23-26-11-5-3-6-12-26)21-19-29(28)17-18-33(36)31-20-22-35(24-27-13-7-4-8-14-27)32-16-10-9-15-30(31)32/h2-18,20,22,28-29,33,36H,1,19,21,23-25H2/q+1/t28-,29+,33+/m0/s1.